The zero-order valence-corrected chi connectivity index (χ0v) is 11.9. The van der Waals surface area contributed by atoms with E-state index in [1.807, 2.05) is 6.07 Å². The minimum absolute atomic E-state index is 0.0964. The van der Waals surface area contributed by atoms with Crippen LogP contribution in [0.15, 0.2) is 23.1 Å². The van der Waals surface area contributed by atoms with Gasteiger partial charge in [-0.25, -0.2) is 8.42 Å². The maximum atomic E-state index is 12.6. The fraction of sp³-hybridized carbons (Fsp3) is 0.462. The lowest BCUT2D eigenvalue weighted by Crippen LogP contribution is -2.34. The molecule has 2 N–H and O–H groups in total. The molecule has 108 valence electrons. The van der Waals surface area contributed by atoms with Crippen LogP contribution in [0, 0.1) is 0 Å². The average molecular weight is 295 g/mol. The molecule has 3 rings (SSSR count). The summed E-state index contributed by atoms with van der Waals surface area (Å²) in [6.07, 6.45) is 0.214. The van der Waals surface area contributed by atoms with E-state index in [1.165, 1.54) is 4.31 Å². The number of fused-ring (bicyclic) bond motifs is 1. The second-order valence-electron chi connectivity index (χ2n) is 5.04. The van der Waals surface area contributed by atoms with Crippen LogP contribution in [-0.2, 0) is 27.9 Å². The smallest absolute Gasteiger partial charge is 0.243 e. The number of nitrogens with one attached hydrogen (secondary N) is 2. The molecule has 0 bridgehead atoms. The normalized spacial score (nSPS) is 20.3. The Morgan fingerprint density at radius 1 is 1.10 bits per heavy atom. The van der Waals surface area contributed by atoms with Crippen molar-refractivity contribution < 1.29 is 13.2 Å². The molecule has 0 spiro atoms. The summed E-state index contributed by atoms with van der Waals surface area (Å²) in [5.41, 5.74) is 2.19. The molecule has 1 fully saturated rings. The second-order valence-corrected chi connectivity index (χ2v) is 6.98. The van der Waals surface area contributed by atoms with Crippen LogP contribution >= 0.6 is 0 Å². The van der Waals surface area contributed by atoms with Gasteiger partial charge in [-0.15, -0.1) is 0 Å². The molecule has 6 nitrogen and oxygen atoms in total. The van der Waals surface area contributed by atoms with Crippen molar-refractivity contribution in [3.63, 3.8) is 0 Å². The van der Waals surface area contributed by atoms with E-state index < -0.39 is 10.0 Å². The Kier molecular flexibility index (Phi) is 3.49. The number of carbonyl (C=O) groups is 1. The van der Waals surface area contributed by atoms with Crippen LogP contribution in [-0.4, -0.2) is 38.3 Å². The molecule has 1 amide bonds. The van der Waals surface area contributed by atoms with Gasteiger partial charge >= 0.3 is 0 Å². The van der Waals surface area contributed by atoms with Crippen LogP contribution in [0.1, 0.15) is 17.5 Å². The number of nitrogens with zero attached hydrogens (tertiary/aromatic N) is 1. The molecule has 0 unspecified atom stereocenters. The van der Waals surface area contributed by atoms with Gasteiger partial charge in [0.25, 0.3) is 0 Å². The fourth-order valence-electron chi connectivity index (χ4n) is 2.57. The molecule has 1 aromatic carbocycles. The van der Waals surface area contributed by atoms with Gasteiger partial charge in [0, 0.05) is 39.1 Å². The highest BCUT2D eigenvalue weighted by Gasteiger charge is 2.27. The Morgan fingerprint density at radius 3 is 2.75 bits per heavy atom. The van der Waals surface area contributed by atoms with Gasteiger partial charge in [-0.05, 0) is 23.3 Å². The van der Waals surface area contributed by atoms with Crippen LogP contribution in [0.25, 0.3) is 0 Å². The summed E-state index contributed by atoms with van der Waals surface area (Å²) in [6, 6.07) is 5.26. The Bertz CT molecular complexity index is 642. The zero-order valence-electron chi connectivity index (χ0n) is 11.1. The maximum absolute atomic E-state index is 12.6. The fourth-order valence-corrected chi connectivity index (χ4v) is 4.06. The quantitative estimate of drug-likeness (QED) is 0.792. The first-order valence-corrected chi connectivity index (χ1v) is 8.11. The van der Waals surface area contributed by atoms with E-state index in [-0.39, 0.29) is 18.9 Å². The molecule has 2 aliphatic heterocycles. The molecule has 2 heterocycles. The third-order valence-electron chi connectivity index (χ3n) is 3.72. The van der Waals surface area contributed by atoms with Crippen molar-refractivity contribution in [2.75, 3.05) is 19.6 Å². The van der Waals surface area contributed by atoms with Crippen molar-refractivity contribution in [2.45, 2.75) is 24.4 Å². The molecular formula is C13H17N3O3S. The Labute approximate surface area is 118 Å². The summed E-state index contributed by atoms with van der Waals surface area (Å²) in [7, 11) is -3.52. The number of hydrogen-bond acceptors (Lipinski definition) is 4. The van der Waals surface area contributed by atoms with E-state index in [0.717, 1.165) is 17.7 Å². The van der Waals surface area contributed by atoms with Crippen molar-refractivity contribution in [3.05, 3.63) is 29.3 Å². The predicted molar refractivity (Wildman–Crippen MR) is 73.4 cm³/mol. The van der Waals surface area contributed by atoms with Crippen molar-refractivity contribution in [1.29, 1.82) is 0 Å². The molecule has 0 aromatic heterocycles. The molecule has 2 aliphatic rings. The van der Waals surface area contributed by atoms with Crippen molar-refractivity contribution >= 4 is 15.9 Å². The van der Waals surface area contributed by atoms with E-state index in [2.05, 4.69) is 10.6 Å². The lowest BCUT2D eigenvalue weighted by molar-refractivity contribution is -0.120. The van der Waals surface area contributed by atoms with Gasteiger partial charge in [-0.1, -0.05) is 6.07 Å². The predicted octanol–water partition coefficient (Wildman–Crippen LogP) is -0.200. The first-order valence-electron chi connectivity index (χ1n) is 6.67. The van der Waals surface area contributed by atoms with Gasteiger partial charge in [0.15, 0.2) is 0 Å². The third-order valence-corrected chi connectivity index (χ3v) is 5.61. The van der Waals surface area contributed by atoms with Gasteiger partial charge in [-0.3, -0.25) is 4.79 Å². The van der Waals surface area contributed by atoms with Gasteiger partial charge in [0.2, 0.25) is 15.9 Å². The van der Waals surface area contributed by atoms with E-state index >= 15 is 0 Å². The van der Waals surface area contributed by atoms with Gasteiger partial charge in [0.05, 0.1) is 4.90 Å². The van der Waals surface area contributed by atoms with Crippen LogP contribution in [0.5, 0.6) is 0 Å². The summed E-state index contributed by atoms with van der Waals surface area (Å²) in [6.45, 7) is 2.42. The molecule has 0 atom stereocenters. The lowest BCUT2D eigenvalue weighted by Gasteiger charge is -2.19. The van der Waals surface area contributed by atoms with Crippen molar-refractivity contribution in [1.82, 2.24) is 14.9 Å². The summed E-state index contributed by atoms with van der Waals surface area (Å²) < 4.78 is 26.6. The van der Waals surface area contributed by atoms with Crippen molar-refractivity contribution in [2.24, 2.45) is 0 Å². The Morgan fingerprint density at radius 2 is 1.90 bits per heavy atom. The number of amides is 1. The first kappa shape index (κ1) is 13.5. The van der Waals surface area contributed by atoms with E-state index in [4.69, 9.17) is 0 Å². The summed E-state index contributed by atoms with van der Waals surface area (Å²) in [5, 5.41) is 5.88. The lowest BCUT2D eigenvalue weighted by atomic mass is 10.1. The van der Waals surface area contributed by atoms with Gasteiger partial charge < -0.3 is 10.6 Å². The SMILES string of the molecule is O=C1CCN(S(=O)(=O)c2ccc3c(c2)CNC3)CCN1. The number of carbonyl (C=O) groups excluding carboxylic acids is 1. The molecule has 0 aliphatic carbocycles. The number of rotatable bonds is 2. The maximum Gasteiger partial charge on any atom is 0.243 e. The molecule has 20 heavy (non-hydrogen) atoms. The summed E-state index contributed by atoms with van der Waals surface area (Å²) in [4.78, 5) is 11.6. The minimum atomic E-state index is -3.52. The molecule has 1 aromatic rings. The Balaban J connectivity index is 1.89. The third kappa shape index (κ3) is 2.44. The number of benzene rings is 1. The summed E-state index contributed by atoms with van der Waals surface area (Å²) >= 11 is 0. The van der Waals surface area contributed by atoms with E-state index in [0.29, 0.717) is 24.5 Å². The molecule has 1 saturated heterocycles. The Hall–Kier alpha value is -1.44. The van der Waals surface area contributed by atoms with Crippen LogP contribution in [0.2, 0.25) is 0 Å². The highest BCUT2D eigenvalue weighted by Crippen LogP contribution is 2.23. The summed E-state index contributed by atoms with van der Waals surface area (Å²) in [5.74, 6) is -0.0964. The molecule has 0 saturated carbocycles. The highest BCUT2D eigenvalue weighted by molar-refractivity contribution is 7.89. The minimum Gasteiger partial charge on any atom is -0.355 e. The van der Waals surface area contributed by atoms with Gasteiger partial charge in [0.1, 0.15) is 0 Å². The highest BCUT2D eigenvalue weighted by atomic mass is 32.2. The number of hydrogen-bond donors (Lipinski definition) is 2. The van der Waals surface area contributed by atoms with Crippen LogP contribution in [0.3, 0.4) is 0 Å². The standard InChI is InChI=1S/C13H17N3O3S/c17-13-3-5-16(6-4-15-13)20(18,19)12-2-1-10-8-14-9-11(10)7-12/h1-2,7,14H,3-6,8-9H2,(H,15,17). The second kappa shape index (κ2) is 5.16. The average Bonchev–Trinajstić information content (AvgIpc) is 2.78. The van der Waals surface area contributed by atoms with Gasteiger partial charge in [-0.2, -0.15) is 4.31 Å². The zero-order chi connectivity index (χ0) is 14.2. The molecule has 0 radical (unpaired) electrons. The molecule has 7 heteroatoms. The van der Waals surface area contributed by atoms with Crippen LogP contribution in [0.4, 0.5) is 0 Å². The van der Waals surface area contributed by atoms with Crippen LogP contribution < -0.4 is 10.6 Å². The monoisotopic (exact) mass is 295 g/mol. The first-order chi connectivity index (χ1) is 9.57. The topological polar surface area (TPSA) is 78.5 Å². The molecular weight excluding hydrogens is 278 g/mol. The van der Waals surface area contributed by atoms with E-state index in [1.54, 1.807) is 12.1 Å². The van der Waals surface area contributed by atoms with E-state index in [9.17, 15) is 13.2 Å². The number of sulfonamides is 1. The largest absolute Gasteiger partial charge is 0.355 e. The van der Waals surface area contributed by atoms with Crippen molar-refractivity contribution in [3.8, 4) is 0 Å².